The Morgan fingerprint density at radius 3 is 2.31 bits per heavy atom. The first-order valence-corrected chi connectivity index (χ1v) is 9.37. The molecule has 6 heteroatoms. The number of aromatic hydroxyl groups is 1. The Labute approximate surface area is 152 Å². The van der Waals surface area contributed by atoms with Gasteiger partial charge in [-0.2, -0.15) is 13.2 Å². The first kappa shape index (κ1) is 20.6. The van der Waals surface area contributed by atoms with Crippen molar-refractivity contribution < 1.29 is 27.8 Å². The van der Waals surface area contributed by atoms with Crippen molar-refractivity contribution in [1.29, 1.82) is 0 Å². The van der Waals surface area contributed by atoms with E-state index >= 15 is 0 Å². The van der Waals surface area contributed by atoms with Gasteiger partial charge in [0.2, 0.25) is 0 Å². The second-order valence-corrected chi connectivity index (χ2v) is 7.07. The molecule has 1 aromatic rings. The van der Waals surface area contributed by atoms with Crippen LogP contribution in [0.15, 0.2) is 12.1 Å². The summed E-state index contributed by atoms with van der Waals surface area (Å²) in [6.07, 6.45) is 1.69. The highest BCUT2D eigenvalue weighted by molar-refractivity contribution is 5.99. The number of ketones is 1. The fourth-order valence-corrected chi connectivity index (χ4v) is 3.85. The highest BCUT2D eigenvalue weighted by Crippen LogP contribution is 2.44. The van der Waals surface area contributed by atoms with Gasteiger partial charge in [0.1, 0.15) is 17.1 Å². The van der Waals surface area contributed by atoms with E-state index in [-0.39, 0.29) is 24.5 Å². The van der Waals surface area contributed by atoms with Crippen molar-refractivity contribution in [2.45, 2.75) is 65.0 Å². The summed E-state index contributed by atoms with van der Waals surface area (Å²) in [6.45, 7) is 3.75. The second kappa shape index (κ2) is 8.78. The normalized spacial score (nSPS) is 20.8. The van der Waals surface area contributed by atoms with Crippen molar-refractivity contribution in [3.63, 3.8) is 0 Å². The Kier molecular flexibility index (Phi) is 6.95. The van der Waals surface area contributed by atoms with Crippen LogP contribution in [0.25, 0.3) is 0 Å². The van der Waals surface area contributed by atoms with Crippen LogP contribution in [0, 0.1) is 11.8 Å². The molecule has 0 saturated heterocycles. The van der Waals surface area contributed by atoms with Crippen LogP contribution in [-0.4, -0.2) is 17.5 Å². The largest absolute Gasteiger partial charge is 0.506 e. The maximum atomic E-state index is 13.3. The summed E-state index contributed by atoms with van der Waals surface area (Å²) in [6, 6.07) is 2.36. The third kappa shape index (κ3) is 4.92. The fourth-order valence-electron chi connectivity index (χ4n) is 3.85. The van der Waals surface area contributed by atoms with E-state index in [0.29, 0.717) is 5.92 Å². The van der Waals surface area contributed by atoms with Gasteiger partial charge < -0.3 is 9.84 Å². The quantitative estimate of drug-likeness (QED) is 0.598. The smallest absolute Gasteiger partial charge is 0.423 e. The van der Waals surface area contributed by atoms with Crippen LogP contribution in [0.2, 0.25) is 0 Å². The van der Waals surface area contributed by atoms with Crippen molar-refractivity contribution in [2.24, 2.45) is 11.8 Å². The number of alkyl halides is 3. The van der Waals surface area contributed by atoms with Gasteiger partial charge in [0.05, 0.1) is 12.2 Å². The second-order valence-electron chi connectivity index (χ2n) is 7.07. The van der Waals surface area contributed by atoms with Gasteiger partial charge in [0.15, 0.2) is 5.78 Å². The highest BCUT2D eigenvalue weighted by atomic mass is 19.4. The number of benzene rings is 1. The lowest BCUT2D eigenvalue weighted by atomic mass is 9.77. The highest BCUT2D eigenvalue weighted by Gasteiger charge is 2.39. The van der Waals surface area contributed by atoms with Gasteiger partial charge in [-0.05, 0) is 43.7 Å². The van der Waals surface area contributed by atoms with E-state index < -0.39 is 29.0 Å². The summed E-state index contributed by atoms with van der Waals surface area (Å²) in [5.41, 5.74) is -1.53. The number of ether oxygens (including phenoxy) is 1. The Morgan fingerprint density at radius 2 is 1.77 bits per heavy atom. The molecule has 26 heavy (non-hydrogen) atoms. The van der Waals surface area contributed by atoms with Crippen LogP contribution < -0.4 is 4.74 Å². The van der Waals surface area contributed by atoms with E-state index in [1.807, 2.05) is 0 Å². The number of phenolic OH excluding ortho intramolecular Hbond substituents is 1. The van der Waals surface area contributed by atoms with Crippen molar-refractivity contribution in [3.05, 3.63) is 23.3 Å². The summed E-state index contributed by atoms with van der Waals surface area (Å²) in [4.78, 5) is 12.5. The number of carbonyl (C=O) groups is 1. The molecule has 3 nitrogen and oxygen atoms in total. The molecule has 0 aromatic heterocycles. The fraction of sp³-hybridized carbons (Fsp3) is 0.650. The average molecular weight is 372 g/mol. The first-order chi connectivity index (χ1) is 12.3. The van der Waals surface area contributed by atoms with Crippen LogP contribution in [0.3, 0.4) is 0 Å². The molecule has 0 aliphatic heterocycles. The number of carbonyl (C=O) groups excluding carboxylic acids is 1. The van der Waals surface area contributed by atoms with Gasteiger partial charge >= 0.3 is 6.18 Å². The first-order valence-electron chi connectivity index (χ1n) is 9.37. The molecule has 1 aliphatic carbocycles. The van der Waals surface area contributed by atoms with E-state index in [9.17, 15) is 23.1 Å². The van der Waals surface area contributed by atoms with Crippen LogP contribution in [-0.2, 0) is 6.18 Å². The molecular formula is C20H27F3O3. The van der Waals surface area contributed by atoms with Gasteiger partial charge in [-0.25, -0.2) is 0 Å². The van der Waals surface area contributed by atoms with E-state index in [2.05, 4.69) is 6.92 Å². The molecule has 0 atom stereocenters. The van der Waals surface area contributed by atoms with Crippen LogP contribution >= 0.6 is 0 Å². The molecule has 0 bridgehead atoms. The average Bonchev–Trinajstić information content (AvgIpc) is 2.56. The Bertz CT molecular complexity index is 617. The summed E-state index contributed by atoms with van der Waals surface area (Å²) in [5, 5.41) is 10.1. The Hall–Kier alpha value is -1.72. The topological polar surface area (TPSA) is 46.5 Å². The lowest BCUT2D eigenvalue weighted by molar-refractivity contribution is -0.140. The summed E-state index contributed by atoms with van der Waals surface area (Å²) < 4.78 is 44.9. The van der Waals surface area contributed by atoms with E-state index in [1.165, 1.54) is 12.5 Å². The molecule has 0 unspecified atom stereocenters. The number of halogens is 3. The molecular weight excluding hydrogens is 345 g/mol. The molecule has 1 fully saturated rings. The maximum Gasteiger partial charge on any atom is 0.423 e. The molecule has 0 spiro atoms. The minimum absolute atomic E-state index is 0.0385. The number of phenols is 1. The summed E-state index contributed by atoms with van der Waals surface area (Å²) in [7, 11) is 0. The zero-order valence-corrected chi connectivity index (χ0v) is 15.4. The van der Waals surface area contributed by atoms with Crippen LogP contribution in [0.5, 0.6) is 11.5 Å². The number of hydrogen-bond donors (Lipinski definition) is 1. The number of hydrogen-bond acceptors (Lipinski definition) is 3. The maximum absolute atomic E-state index is 13.3. The van der Waals surface area contributed by atoms with Crippen LogP contribution in [0.4, 0.5) is 13.2 Å². The van der Waals surface area contributed by atoms with Crippen molar-refractivity contribution >= 4 is 5.78 Å². The lowest BCUT2D eigenvalue weighted by Crippen LogP contribution is -2.18. The lowest BCUT2D eigenvalue weighted by Gasteiger charge is -2.28. The minimum atomic E-state index is -4.79. The van der Waals surface area contributed by atoms with Gasteiger partial charge in [0.25, 0.3) is 0 Å². The molecule has 146 valence electrons. The van der Waals surface area contributed by atoms with Crippen molar-refractivity contribution in [2.75, 3.05) is 6.61 Å². The third-order valence-corrected chi connectivity index (χ3v) is 5.16. The Balaban J connectivity index is 2.14. The monoisotopic (exact) mass is 372 g/mol. The van der Waals surface area contributed by atoms with E-state index in [1.54, 1.807) is 6.92 Å². The minimum Gasteiger partial charge on any atom is -0.506 e. The Morgan fingerprint density at radius 1 is 1.15 bits per heavy atom. The van der Waals surface area contributed by atoms with E-state index in [0.717, 1.165) is 38.2 Å². The van der Waals surface area contributed by atoms with Gasteiger partial charge in [-0.1, -0.05) is 32.6 Å². The molecule has 1 N–H and O–H groups in total. The van der Waals surface area contributed by atoms with Gasteiger partial charge in [-0.3, -0.25) is 4.79 Å². The van der Waals surface area contributed by atoms with Gasteiger partial charge in [0, 0.05) is 6.42 Å². The molecule has 1 aromatic carbocycles. The SMILES string of the molecule is CCCC1CCC(CC(=O)c2ccc(OCC)c(C(F)(F)F)c2O)CC1. The number of rotatable bonds is 7. The predicted octanol–water partition coefficient (Wildman–Crippen LogP) is 5.99. The molecule has 0 amide bonds. The predicted molar refractivity (Wildman–Crippen MR) is 93.6 cm³/mol. The number of Topliss-reactive ketones (excluding diaryl/α,β-unsaturated/α-hetero) is 1. The van der Waals surface area contributed by atoms with Crippen molar-refractivity contribution in [3.8, 4) is 11.5 Å². The van der Waals surface area contributed by atoms with Crippen molar-refractivity contribution in [1.82, 2.24) is 0 Å². The molecule has 0 radical (unpaired) electrons. The zero-order chi connectivity index (χ0) is 19.3. The standard InChI is InChI=1S/C20H27F3O3/c1-3-5-13-6-8-14(9-7-13)12-16(24)15-10-11-17(26-4-2)18(19(15)25)20(21,22)23/h10-11,13-14,25H,3-9,12H2,1-2H3. The molecule has 0 heterocycles. The molecule has 1 saturated carbocycles. The molecule has 1 aliphatic rings. The summed E-state index contributed by atoms with van der Waals surface area (Å²) >= 11 is 0. The third-order valence-electron chi connectivity index (χ3n) is 5.16. The van der Waals surface area contributed by atoms with Crippen LogP contribution in [0.1, 0.15) is 74.7 Å². The van der Waals surface area contributed by atoms with Gasteiger partial charge in [-0.15, -0.1) is 0 Å². The summed E-state index contributed by atoms with van der Waals surface area (Å²) in [5.74, 6) is -1.03. The molecule has 2 rings (SSSR count). The zero-order valence-electron chi connectivity index (χ0n) is 15.4. The van der Waals surface area contributed by atoms with E-state index in [4.69, 9.17) is 4.74 Å².